The van der Waals surface area contributed by atoms with Gasteiger partial charge in [-0.2, -0.15) is 0 Å². The summed E-state index contributed by atoms with van der Waals surface area (Å²) in [4.78, 5) is 14.8. The Kier molecular flexibility index (Phi) is 3.38. The number of nitrogens with two attached hydrogens (primary N) is 1. The van der Waals surface area contributed by atoms with Crippen LogP contribution in [0.2, 0.25) is 0 Å². The van der Waals surface area contributed by atoms with E-state index in [9.17, 15) is 4.79 Å². The number of hydrogen-bond acceptors (Lipinski definition) is 3. The molecule has 2 rings (SSSR count). The van der Waals surface area contributed by atoms with Gasteiger partial charge in [0.25, 0.3) is 0 Å². The Morgan fingerprint density at radius 3 is 3.00 bits per heavy atom. The third kappa shape index (κ3) is 2.79. The zero-order valence-corrected chi connectivity index (χ0v) is 9.50. The van der Waals surface area contributed by atoms with Crippen LogP contribution in [-0.4, -0.2) is 29.9 Å². The number of aryl methyl sites for hydroxylation is 1. The molecule has 1 amide bonds. The molecule has 82 valence electrons. The molecule has 0 aromatic carbocycles. The molecule has 0 radical (unpaired) electrons. The van der Waals surface area contributed by atoms with Gasteiger partial charge in [-0.05, 0) is 24.3 Å². The number of hydrogen-bond donors (Lipinski definition) is 1. The first-order chi connectivity index (χ1) is 7.25. The van der Waals surface area contributed by atoms with Crippen LogP contribution in [0.4, 0.5) is 0 Å². The molecule has 0 spiro atoms. The first-order valence-electron chi connectivity index (χ1n) is 5.31. The Morgan fingerprint density at radius 2 is 2.40 bits per heavy atom. The van der Waals surface area contributed by atoms with Gasteiger partial charge in [0.2, 0.25) is 5.91 Å². The third-order valence-electron chi connectivity index (χ3n) is 2.66. The summed E-state index contributed by atoms with van der Waals surface area (Å²) < 4.78 is 0. The van der Waals surface area contributed by atoms with Crippen LogP contribution in [0.3, 0.4) is 0 Å². The van der Waals surface area contributed by atoms with Gasteiger partial charge in [0.1, 0.15) is 0 Å². The van der Waals surface area contributed by atoms with Crippen molar-refractivity contribution in [3.8, 4) is 0 Å². The van der Waals surface area contributed by atoms with Crippen molar-refractivity contribution in [2.45, 2.75) is 25.3 Å². The van der Waals surface area contributed by atoms with E-state index in [1.165, 1.54) is 4.88 Å². The lowest BCUT2D eigenvalue weighted by Crippen LogP contribution is -2.57. The maximum atomic E-state index is 11.6. The van der Waals surface area contributed by atoms with Gasteiger partial charge in [-0.15, -0.1) is 11.3 Å². The largest absolute Gasteiger partial charge is 0.339 e. The van der Waals surface area contributed by atoms with Gasteiger partial charge < -0.3 is 10.6 Å². The quantitative estimate of drug-likeness (QED) is 0.836. The lowest BCUT2D eigenvalue weighted by atomic mass is 10.1. The highest BCUT2D eigenvalue weighted by molar-refractivity contribution is 7.09. The van der Waals surface area contributed by atoms with E-state index in [2.05, 4.69) is 17.5 Å². The minimum Gasteiger partial charge on any atom is -0.339 e. The molecule has 2 heterocycles. The van der Waals surface area contributed by atoms with E-state index in [1.807, 2.05) is 4.90 Å². The highest BCUT2D eigenvalue weighted by Crippen LogP contribution is 2.14. The molecule has 4 heteroatoms. The van der Waals surface area contributed by atoms with Gasteiger partial charge in [-0.25, -0.2) is 0 Å². The predicted molar refractivity (Wildman–Crippen MR) is 61.8 cm³/mol. The zero-order valence-electron chi connectivity index (χ0n) is 8.69. The summed E-state index contributed by atoms with van der Waals surface area (Å²) >= 11 is 1.76. The standard InChI is InChI=1S/C11H16N2OS/c12-9-7-13(8-9)11(14)5-1-3-10-4-2-6-15-10/h2,4,6,9H,1,3,5,7-8,12H2. The van der Waals surface area contributed by atoms with Crippen molar-refractivity contribution >= 4 is 17.2 Å². The van der Waals surface area contributed by atoms with Gasteiger partial charge in [-0.1, -0.05) is 6.07 Å². The molecule has 0 aliphatic carbocycles. The van der Waals surface area contributed by atoms with Crippen LogP contribution in [-0.2, 0) is 11.2 Å². The molecular formula is C11H16N2OS. The number of likely N-dealkylation sites (tertiary alicyclic amines) is 1. The molecule has 1 fully saturated rings. The van der Waals surface area contributed by atoms with E-state index < -0.39 is 0 Å². The van der Waals surface area contributed by atoms with Crippen LogP contribution in [0.5, 0.6) is 0 Å². The smallest absolute Gasteiger partial charge is 0.222 e. The molecule has 1 aliphatic rings. The van der Waals surface area contributed by atoms with E-state index in [4.69, 9.17) is 5.73 Å². The zero-order chi connectivity index (χ0) is 10.7. The summed E-state index contributed by atoms with van der Waals surface area (Å²) in [5.74, 6) is 0.258. The van der Waals surface area contributed by atoms with E-state index >= 15 is 0 Å². The van der Waals surface area contributed by atoms with E-state index in [1.54, 1.807) is 11.3 Å². The molecule has 1 aromatic rings. The first-order valence-corrected chi connectivity index (χ1v) is 6.19. The SMILES string of the molecule is NC1CN(C(=O)CCCc2cccs2)C1. The molecule has 0 saturated carbocycles. The van der Waals surface area contributed by atoms with E-state index in [0.717, 1.165) is 25.9 Å². The Bertz CT molecular complexity index is 317. The van der Waals surface area contributed by atoms with Gasteiger partial charge in [0.05, 0.1) is 0 Å². The number of rotatable bonds is 4. The summed E-state index contributed by atoms with van der Waals surface area (Å²) in [6, 6.07) is 4.39. The summed E-state index contributed by atoms with van der Waals surface area (Å²) in [6.07, 6.45) is 2.62. The van der Waals surface area contributed by atoms with Gasteiger partial charge in [-0.3, -0.25) is 4.79 Å². The highest BCUT2D eigenvalue weighted by Gasteiger charge is 2.26. The summed E-state index contributed by atoms with van der Waals surface area (Å²) in [5, 5.41) is 2.08. The fraction of sp³-hybridized carbons (Fsp3) is 0.545. The van der Waals surface area contributed by atoms with Crippen molar-refractivity contribution in [3.05, 3.63) is 22.4 Å². The van der Waals surface area contributed by atoms with Crippen LogP contribution < -0.4 is 5.73 Å². The summed E-state index contributed by atoms with van der Waals surface area (Å²) in [7, 11) is 0. The third-order valence-corrected chi connectivity index (χ3v) is 3.59. The molecule has 2 N–H and O–H groups in total. The average molecular weight is 224 g/mol. The topological polar surface area (TPSA) is 46.3 Å². The first kappa shape index (κ1) is 10.6. The molecule has 1 aromatic heterocycles. The minimum absolute atomic E-state index is 0.214. The molecule has 0 atom stereocenters. The molecule has 3 nitrogen and oxygen atoms in total. The number of carbonyl (C=O) groups excluding carboxylic acids is 1. The minimum atomic E-state index is 0.214. The molecule has 1 aliphatic heterocycles. The molecule has 0 unspecified atom stereocenters. The number of carbonyl (C=O) groups is 1. The van der Waals surface area contributed by atoms with Crippen LogP contribution in [0.1, 0.15) is 17.7 Å². The number of thiophene rings is 1. The van der Waals surface area contributed by atoms with Gasteiger partial charge >= 0.3 is 0 Å². The van der Waals surface area contributed by atoms with Crippen LogP contribution in [0.15, 0.2) is 17.5 Å². The normalized spacial score (nSPS) is 16.5. The Balaban J connectivity index is 1.64. The Hall–Kier alpha value is -0.870. The second kappa shape index (κ2) is 4.77. The Labute approximate surface area is 93.9 Å². The second-order valence-electron chi connectivity index (χ2n) is 3.99. The maximum absolute atomic E-state index is 11.6. The molecule has 1 saturated heterocycles. The van der Waals surface area contributed by atoms with Crippen LogP contribution >= 0.6 is 11.3 Å². The lowest BCUT2D eigenvalue weighted by Gasteiger charge is -2.36. The molecular weight excluding hydrogens is 208 g/mol. The van der Waals surface area contributed by atoms with Crippen molar-refractivity contribution in [2.24, 2.45) is 5.73 Å². The monoisotopic (exact) mass is 224 g/mol. The van der Waals surface area contributed by atoms with Crippen molar-refractivity contribution in [1.29, 1.82) is 0 Å². The van der Waals surface area contributed by atoms with E-state index in [0.29, 0.717) is 6.42 Å². The summed E-state index contributed by atoms with van der Waals surface area (Å²) in [5.41, 5.74) is 5.62. The average Bonchev–Trinajstić information content (AvgIpc) is 2.65. The number of nitrogens with zero attached hydrogens (tertiary/aromatic N) is 1. The maximum Gasteiger partial charge on any atom is 0.222 e. The van der Waals surface area contributed by atoms with Crippen molar-refractivity contribution in [2.75, 3.05) is 13.1 Å². The van der Waals surface area contributed by atoms with Crippen molar-refractivity contribution in [3.63, 3.8) is 0 Å². The predicted octanol–water partition coefficient (Wildman–Crippen LogP) is 1.24. The van der Waals surface area contributed by atoms with Crippen molar-refractivity contribution < 1.29 is 4.79 Å². The van der Waals surface area contributed by atoms with Crippen molar-refractivity contribution in [1.82, 2.24) is 4.90 Å². The number of amides is 1. The summed E-state index contributed by atoms with van der Waals surface area (Å²) in [6.45, 7) is 1.50. The van der Waals surface area contributed by atoms with Crippen LogP contribution in [0, 0.1) is 0 Å². The molecule has 0 bridgehead atoms. The highest BCUT2D eigenvalue weighted by atomic mass is 32.1. The van der Waals surface area contributed by atoms with Crippen LogP contribution in [0.25, 0.3) is 0 Å². The fourth-order valence-corrected chi connectivity index (χ4v) is 2.49. The lowest BCUT2D eigenvalue weighted by molar-refractivity contribution is -0.135. The molecule has 15 heavy (non-hydrogen) atoms. The van der Waals surface area contributed by atoms with Gasteiger partial charge in [0, 0.05) is 30.4 Å². The van der Waals surface area contributed by atoms with E-state index in [-0.39, 0.29) is 11.9 Å². The Morgan fingerprint density at radius 1 is 1.60 bits per heavy atom. The second-order valence-corrected chi connectivity index (χ2v) is 5.02. The fourth-order valence-electron chi connectivity index (χ4n) is 1.74. The van der Waals surface area contributed by atoms with Gasteiger partial charge in [0.15, 0.2) is 0 Å².